The number of rotatable bonds is 6. The molecule has 0 saturated carbocycles. The highest BCUT2D eigenvalue weighted by Crippen LogP contribution is 2.27. The fourth-order valence-electron chi connectivity index (χ4n) is 2.75. The van der Waals surface area contributed by atoms with Crippen LogP contribution in [0, 0.1) is 0 Å². The van der Waals surface area contributed by atoms with Gasteiger partial charge in [0.2, 0.25) is 6.23 Å². The minimum atomic E-state index is -0.863. The van der Waals surface area contributed by atoms with Gasteiger partial charge in [-0.1, -0.05) is 61.7 Å². The lowest BCUT2D eigenvalue weighted by Crippen LogP contribution is -2.28. The molecule has 5 heteroatoms. The average molecular weight is 357 g/mol. The van der Waals surface area contributed by atoms with Crippen LogP contribution in [0.5, 0.6) is 0 Å². The number of unbranched alkanes of at least 4 members (excludes halogenated alkanes) is 2. The Morgan fingerprint density at radius 2 is 1.96 bits per heavy atom. The number of carbonyl (C=O) groups excluding carboxylic acids is 1. The van der Waals surface area contributed by atoms with Gasteiger partial charge in [-0.25, -0.2) is 4.99 Å². The SMILES string of the molecule is CCCCCOC1N=C(c2ccccc2)c2cc(Cl)ccc2NC1=O. The maximum absolute atomic E-state index is 12.5. The fourth-order valence-corrected chi connectivity index (χ4v) is 2.92. The van der Waals surface area contributed by atoms with Gasteiger partial charge in [0.05, 0.1) is 11.4 Å². The first-order valence-corrected chi connectivity index (χ1v) is 8.92. The highest BCUT2D eigenvalue weighted by Gasteiger charge is 2.26. The van der Waals surface area contributed by atoms with Crippen LogP contribution >= 0.6 is 11.6 Å². The molecule has 0 spiro atoms. The minimum absolute atomic E-state index is 0.258. The van der Waals surface area contributed by atoms with Crippen molar-refractivity contribution in [1.82, 2.24) is 0 Å². The molecule has 0 aliphatic carbocycles. The van der Waals surface area contributed by atoms with Crippen molar-refractivity contribution in [3.8, 4) is 0 Å². The largest absolute Gasteiger partial charge is 0.348 e. The van der Waals surface area contributed by atoms with Crippen molar-refractivity contribution in [3.63, 3.8) is 0 Å². The van der Waals surface area contributed by atoms with E-state index in [9.17, 15) is 4.79 Å². The first-order chi connectivity index (χ1) is 12.2. The highest BCUT2D eigenvalue weighted by molar-refractivity contribution is 6.32. The van der Waals surface area contributed by atoms with E-state index in [-0.39, 0.29) is 5.91 Å². The van der Waals surface area contributed by atoms with E-state index in [4.69, 9.17) is 16.3 Å². The predicted molar refractivity (Wildman–Crippen MR) is 101 cm³/mol. The van der Waals surface area contributed by atoms with E-state index in [1.54, 1.807) is 12.1 Å². The number of nitrogens with zero attached hydrogens (tertiary/aromatic N) is 1. The minimum Gasteiger partial charge on any atom is -0.348 e. The predicted octanol–water partition coefficient (Wildman–Crippen LogP) is 4.66. The number of hydrogen-bond acceptors (Lipinski definition) is 3. The molecule has 0 fully saturated rings. The smallest absolute Gasteiger partial charge is 0.276 e. The number of amides is 1. The van der Waals surface area contributed by atoms with E-state index in [2.05, 4.69) is 17.2 Å². The van der Waals surface area contributed by atoms with E-state index < -0.39 is 6.23 Å². The van der Waals surface area contributed by atoms with Crippen molar-refractivity contribution in [2.24, 2.45) is 4.99 Å². The lowest BCUT2D eigenvalue weighted by molar-refractivity contribution is -0.126. The van der Waals surface area contributed by atoms with E-state index in [1.165, 1.54) is 0 Å². The average Bonchev–Trinajstić information content (AvgIpc) is 2.76. The van der Waals surface area contributed by atoms with Gasteiger partial charge in [-0.05, 0) is 24.6 Å². The van der Waals surface area contributed by atoms with Crippen LogP contribution in [0.15, 0.2) is 53.5 Å². The van der Waals surface area contributed by atoms with Crippen LogP contribution in [0.4, 0.5) is 5.69 Å². The van der Waals surface area contributed by atoms with Gasteiger partial charge < -0.3 is 10.1 Å². The molecule has 0 saturated heterocycles. The Bertz CT molecular complexity index is 775. The molecule has 1 heterocycles. The number of fused-ring (bicyclic) bond motifs is 1. The molecule has 4 nitrogen and oxygen atoms in total. The summed E-state index contributed by atoms with van der Waals surface area (Å²) in [5, 5.41) is 3.50. The lowest BCUT2D eigenvalue weighted by atomic mass is 10.0. The second-order valence-corrected chi connectivity index (χ2v) is 6.39. The van der Waals surface area contributed by atoms with E-state index in [0.717, 1.165) is 30.4 Å². The van der Waals surface area contributed by atoms with Gasteiger partial charge in [0.15, 0.2) is 0 Å². The number of nitrogens with one attached hydrogen (secondary N) is 1. The number of ether oxygens (including phenoxy) is 1. The molecular weight excluding hydrogens is 336 g/mol. The fraction of sp³-hybridized carbons (Fsp3) is 0.300. The van der Waals surface area contributed by atoms with Crippen molar-refractivity contribution in [2.75, 3.05) is 11.9 Å². The molecule has 0 bridgehead atoms. The molecule has 3 rings (SSSR count). The first kappa shape index (κ1) is 17.6. The van der Waals surface area contributed by atoms with Crippen molar-refractivity contribution < 1.29 is 9.53 Å². The van der Waals surface area contributed by atoms with Crippen molar-refractivity contribution >= 4 is 28.9 Å². The standard InChI is InChI=1S/C20H21ClN2O2/c1-2-3-7-12-25-20-19(24)22-17-11-10-15(21)13-16(17)18(23-20)14-8-5-4-6-9-14/h4-6,8-11,13,20H,2-3,7,12H2,1H3,(H,22,24). The Hall–Kier alpha value is -2.17. The number of anilines is 1. The molecule has 0 aromatic heterocycles. The van der Waals surface area contributed by atoms with Crippen LogP contribution in [-0.2, 0) is 9.53 Å². The number of carbonyl (C=O) groups is 1. The lowest BCUT2D eigenvalue weighted by Gasteiger charge is -2.12. The summed E-state index contributed by atoms with van der Waals surface area (Å²) < 4.78 is 5.76. The molecule has 130 valence electrons. The molecular formula is C20H21ClN2O2. The molecule has 2 aromatic rings. The normalized spacial score (nSPS) is 16.6. The first-order valence-electron chi connectivity index (χ1n) is 8.54. The molecule has 2 aromatic carbocycles. The summed E-state index contributed by atoms with van der Waals surface area (Å²) >= 11 is 6.17. The number of hydrogen-bond donors (Lipinski definition) is 1. The van der Waals surface area contributed by atoms with Gasteiger partial charge in [-0.3, -0.25) is 4.79 Å². The summed E-state index contributed by atoms with van der Waals surface area (Å²) in [4.78, 5) is 17.2. The summed E-state index contributed by atoms with van der Waals surface area (Å²) in [6.45, 7) is 2.64. The topological polar surface area (TPSA) is 50.7 Å². The second-order valence-electron chi connectivity index (χ2n) is 5.95. The van der Waals surface area contributed by atoms with E-state index >= 15 is 0 Å². The third-order valence-corrected chi connectivity index (χ3v) is 4.27. The zero-order valence-electron chi connectivity index (χ0n) is 14.2. The maximum Gasteiger partial charge on any atom is 0.276 e. The van der Waals surface area contributed by atoms with Gasteiger partial charge in [-0.15, -0.1) is 0 Å². The summed E-state index contributed by atoms with van der Waals surface area (Å²) in [7, 11) is 0. The van der Waals surface area contributed by atoms with Crippen LogP contribution in [0.1, 0.15) is 37.3 Å². The van der Waals surface area contributed by atoms with Gasteiger partial charge in [0.25, 0.3) is 5.91 Å². The van der Waals surface area contributed by atoms with Crippen molar-refractivity contribution in [1.29, 1.82) is 0 Å². The van der Waals surface area contributed by atoms with Crippen LogP contribution in [-0.4, -0.2) is 24.5 Å². The third-order valence-electron chi connectivity index (χ3n) is 4.04. The van der Waals surface area contributed by atoms with E-state index in [1.807, 2.05) is 36.4 Å². The molecule has 1 atom stereocenters. The second kappa shape index (κ2) is 8.28. The molecule has 1 amide bonds. The number of aliphatic imine (C=N–C) groups is 1. The quantitative estimate of drug-likeness (QED) is 0.765. The number of halogens is 1. The molecule has 1 aliphatic heterocycles. The summed E-state index contributed by atoms with van der Waals surface area (Å²) in [6.07, 6.45) is 2.22. The van der Waals surface area contributed by atoms with Gasteiger partial charge in [-0.2, -0.15) is 0 Å². The Morgan fingerprint density at radius 1 is 1.16 bits per heavy atom. The van der Waals surface area contributed by atoms with Crippen molar-refractivity contribution in [3.05, 3.63) is 64.7 Å². The summed E-state index contributed by atoms with van der Waals surface area (Å²) in [6, 6.07) is 15.1. The molecule has 1 unspecified atom stereocenters. The number of benzodiazepines with no additional fused rings is 1. The van der Waals surface area contributed by atoms with Gasteiger partial charge >= 0.3 is 0 Å². The Morgan fingerprint density at radius 3 is 2.72 bits per heavy atom. The van der Waals surface area contributed by atoms with Gasteiger partial charge in [0, 0.05) is 22.8 Å². The Balaban J connectivity index is 1.98. The number of benzene rings is 2. The van der Waals surface area contributed by atoms with Crippen LogP contribution < -0.4 is 5.32 Å². The van der Waals surface area contributed by atoms with Crippen LogP contribution in [0.2, 0.25) is 5.02 Å². The van der Waals surface area contributed by atoms with Crippen molar-refractivity contribution in [2.45, 2.75) is 32.4 Å². The highest BCUT2D eigenvalue weighted by atomic mass is 35.5. The molecule has 25 heavy (non-hydrogen) atoms. The molecule has 1 N–H and O–H groups in total. The monoisotopic (exact) mass is 356 g/mol. The summed E-state index contributed by atoms with van der Waals surface area (Å²) in [5.41, 5.74) is 3.12. The third kappa shape index (κ3) is 4.27. The molecule has 1 aliphatic rings. The van der Waals surface area contributed by atoms with Crippen LogP contribution in [0.3, 0.4) is 0 Å². The Kier molecular flexibility index (Phi) is 5.84. The molecule has 0 radical (unpaired) electrons. The van der Waals surface area contributed by atoms with E-state index in [0.29, 0.717) is 23.0 Å². The maximum atomic E-state index is 12.5. The zero-order chi connectivity index (χ0) is 17.6. The summed E-state index contributed by atoms with van der Waals surface area (Å²) in [5.74, 6) is -0.258. The Labute approximate surface area is 152 Å². The zero-order valence-corrected chi connectivity index (χ0v) is 14.9. The van der Waals surface area contributed by atoms with Crippen LogP contribution in [0.25, 0.3) is 0 Å². The van der Waals surface area contributed by atoms with Gasteiger partial charge in [0.1, 0.15) is 0 Å².